The Morgan fingerprint density at radius 2 is 2.08 bits per heavy atom. The Hall–Kier alpha value is -2.27. The van der Waals surface area contributed by atoms with Crippen molar-refractivity contribution in [2.45, 2.75) is 31.7 Å². The maximum atomic E-state index is 9.52. The number of halogens is 1. The largest absolute Gasteiger partial charge is 0.506 e. The monoisotopic (exact) mass is 342 g/mol. The van der Waals surface area contributed by atoms with Gasteiger partial charge in [-0.15, -0.1) is 0 Å². The van der Waals surface area contributed by atoms with Crippen LogP contribution in [0.4, 0.5) is 17.5 Å². The first-order valence-corrected chi connectivity index (χ1v) is 8.64. The van der Waals surface area contributed by atoms with Crippen LogP contribution in [0.25, 0.3) is 6.08 Å². The second-order valence-corrected chi connectivity index (χ2v) is 6.66. The van der Waals surface area contributed by atoms with Gasteiger partial charge >= 0.3 is 0 Å². The number of nitrogens with zero attached hydrogens (tertiary/aromatic N) is 3. The van der Waals surface area contributed by atoms with Crippen LogP contribution in [0.3, 0.4) is 0 Å². The molecule has 1 saturated carbocycles. The molecular formula is C18H19ClN4O. The van der Waals surface area contributed by atoms with Crippen molar-refractivity contribution in [2.75, 3.05) is 16.8 Å². The van der Waals surface area contributed by atoms with E-state index in [-0.39, 0.29) is 5.75 Å². The molecule has 1 aromatic carbocycles. The molecule has 2 aliphatic rings. The van der Waals surface area contributed by atoms with Crippen LogP contribution in [0.2, 0.25) is 5.02 Å². The molecule has 4 rings (SSSR count). The van der Waals surface area contributed by atoms with Crippen molar-refractivity contribution in [3.63, 3.8) is 0 Å². The average Bonchev–Trinajstić information content (AvgIpc) is 3.12. The van der Waals surface area contributed by atoms with E-state index >= 15 is 0 Å². The average molecular weight is 343 g/mol. The molecule has 1 aliphatic carbocycles. The molecule has 0 unspecified atom stereocenters. The van der Waals surface area contributed by atoms with Crippen molar-refractivity contribution >= 4 is 35.1 Å². The van der Waals surface area contributed by atoms with Gasteiger partial charge < -0.3 is 15.3 Å². The summed E-state index contributed by atoms with van der Waals surface area (Å²) in [4.78, 5) is 11.5. The van der Waals surface area contributed by atoms with Crippen molar-refractivity contribution in [3.8, 4) is 5.75 Å². The number of aromatic hydroxyl groups is 1. The number of nitrogens with one attached hydrogen (secondary N) is 1. The third-order valence-corrected chi connectivity index (χ3v) is 4.94. The minimum Gasteiger partial charge on any atom is -0.506 e. The first-order valence-electron chi connectivity index (χ1n) is 8.26. The molecule has 0 bridgehead atoms. The molecule has 2 heterocycles. The summed E-state index contributed by atoms with van der Waals surface area (Å²) >= 11 is 5.96. The Kier molecular flexibility index (Phi) is 4.02. The highest BCUT2D eigenvalue weighted by molar-refractivity contribution is 6.32. The van der Waals surface area contributed by atoms with Gasteiger partial charge in [-0.1, -0.05) is 36.6 Å². The molecule has 0 atom stereocenters. The number of anilines is 3. The van der Waals surface area contributed by atoms with Crippen LogP contribution in [-0.4, -0.2) is 27.7 Å². The third kappa shape index (κ3) is 2.91. The summed E-state index contributed by atoms with van der Waals surface area (Å²) in [6.07, 6.45) is 11.2. The molecule has 6 heteroatoms. The Labute approximate surface area is 146 Å². The highest BCUT2D eigenvalue weighted by Crippen LogP contribution is 2.33. The summed E-state index contributed by atoms with van der Waals surface area (Å²) in [5.41, 5.74) is 1.80. The quantitative estimate of drug-likeness (QED) is 0.812. The van der Waals surface area contributed by atoms with Crippen LogP contribution in [-0.2, 0) is 0 Å². The Bertz CT molecular complexity index is 787. The Morgan fingerprint density at radius 3 is 2.88 bits per heavy atom. The van der Waals surface area contributed by atoms with Gasteiger partial charge in [-0.2, -0.15) is 4.98 Å². The van der Waals surface area contributed by atoms with Crippen LogP contribution in [0.15, 0.2) is 30.5 Å². The molecule has 1 aliphatic heterocycles. The fourth-order valence-electron chi connectivity index (χ4n) is 3.42. The van der Waals surface area contributed by atoms with Crippen molar-refractivity contribution in [2.24, 2.45) is 0 Å². The summed E-state index contributed by atoms with van der Waals surface area (Å²) < 4.78 is 0. The van der Waals surface area contributed by atoms with E-state index in [0.29, 0.717) is 17.0 Å². The van der Waals surface area contributed by atoms with Gasteiger partial charge in [-0.25, -0.2) is 4.98 Å². The number of aromatic nitrogens is 2. The Morgan fingerprint density at radius 1 is 1.25 bits per heavy atom. The molecule has 1 fully saturated rings. The van der Waals surface area contributed by atoms with Gasteiger partial charge in [0.05, 0.1) is 5.02 Å². The van der Waals surface area contributed by atoms with Gasteiger partial charge in [0.1, 0.15) is 11.6 Å². The number of rotatable bonds is 3. The van der Waals surface area contributed by atoms with Gasteiger partial charge in [-0.05, 0) is 31.0 Å². The van der Waals surface area contributed by atoms with Crippen molar-refractivity contribution < 1.29 is 5.11 Å². The van der Waals surface area contributed by atoms with Gasteiger partial charge in [0.15, 0.2) is 0 Å². The fraction of sp³-hybridized carbons (Fsp3) is 0.333. The lowest BCUT2D eigenvalue weighted by molar-refractivity contribution is 0.475. The van der Waals surface area contributed by atoms with Crippen LogP contribution in [0.5, 0.6) is 5.75 Å². The van der Waals surface area contributed by atoms with Crippen LogP contribution in [0, 0.1) is 0 Å². The molecule has 0 amide bonds. The standard InChI is InChI=1S/C18H19ClN4O/c19-15-10-13(7-8-16(15)24)21-18-20-11-12-4-3-9-23(17(12)22-18)14-5-1-2-6-14/h3-4,7-8,10-11,14,24H,1-2,5-6,9H2,(H,20,21,22). The maximum Gasteiger partial charge on any atom is 0.229 e. The molecule has 0 saturated heterocycles. The SMILES string of the molecule is Oc1ccc(Nc2ncc3c(n2)N(C2CCCC2)CC=C3)cc1Cl. The zero-order valence-corrected chi connectivity index (χ0v) is 14.0. The van der Waals surface area contributed by atoms with E-state index in [4.69, 9.17) is 16.6 Å². The van der Waals surface area contributed by atoms with Gasteiger partial charge in [-0.3, -0.25) is 0 Å². The first-order chi connectivity index (χ1) is 11.7. The zero-order valence-electron chi connectivity index (χ0n) is 13.2. The Balaban J connectivity index is 1.62. The van der Waals surface area contributed by atoms with E-state index in [9.17, 15) is 5.11 Å². The molecular weight excluding hydrogens is 324 g/mol. The van der Waals surface area contributed by atoms with Crippen molar-refractivity contribution in [1.29, 1.82) is 0 Å². The minimum atomic E-state index is 0.0612. The summed E-state index contributed by atoms with van der Waals surface area (Å²) in [5.74, 6) is 1.59. The summed E-state index contributed by atoms with van der Waals surface area (Å²) in [5, 5.41) is 13.0. The van der Waals surface area contributed by atoms with E-state index in [1.54, 1.807) is 18.2 Å². The number of hydrogen-bond acceptors (Lipinski definition) is 5. The van der Waals surface area contributed by atoms with E-state index < -0.39 is 0 Å². The summed E-state index contributed by atoms with van der Waals surface area (Å²) in [6.45, 7) is 0.902. The normalized spacial score (nSPS) is 17.1. The highest BCUT2D eigenvalue weighted by Gasteiger charge is 2.26. The maximum absolute atomic E-state index is 9.52. The third-order valence-electron chi connectivity index (χ3n) is 4.64. The lowest BCUT2D eigenvalue weighted by Gasteiger charge is -2.32. The van der Waals surface area contributed by atoms with E-state index in [0.717, 1.165) is 23.6 Å². The van der Waals surface area contributed by atoms with E-state index in [1.165, 1.54) is 25.7 Å². The van der Waals surface area contributed by atoms with Gasteiger partial charge in [0.25, 0.3) is 0 Å². The second-order valence-electron chi connectivity index (χ2n) is 6.26. The number of phenols is 1. The van der Waals surface area contributed by atoms with Crippen LogP contribution >= 0.6 is 11.6 Å². The van der Waals surface area contributed by atoms with E-state index in [2.05, 4.69) is 27.4 Å². The number of benzene rings is 1. The number of hydrogen-bond donors (Lipinski definition) is 2. The fourth-order valence-corrected chi connectivity index (χ4v) is 3.60. The molecule has 5 nitrogen and oxygen atoms in total. The van der Waals surface area contributed by atoms with Crippen LogP contribution < -0.4 is 10.2 Å². The summed E-state index contributed by atoms with van der Waals surface area (Å²) in [7, 11) is 0. The van der Waals surface area contributed by atoms with Gasteiger partial charge in [0.2, 0.25) is 5.95 Å². The zero-order chi connectivity index (χ0) is 16.5. The molecule has 24 heavy (non-hydrogen) atoms. The lowest BCUT2D eigenvalue weighted by Crippen LogP contribution is -2.36. The summed E-state index contributed by atoms with van der Waals surface area (Å²) in [6, 6.07) is 5.53. The van der Waals surface area contributed by atoms with Gasteiger partial charge in [0, 0.05) is 30.0 Å². The molecule has 124 valence electrons. The minimum absolute atomic E-state index is 0.0612. The topological polar surface area (TPSA) is 61.3 Å². The smallest absolute Gasteiger partial charge is 0.229 e. The van der Waals surface area contributed by atoms with Crippen molar-refractivity contribution in [3.05, 3.63) is 41.1 Å². The molecule has 0 radical (unpaired) electrons. The molecule has 2 aromatic rings. The van der Waals surface area contributed by atoms with E-state index in [1.807, 2.05) is 6.20 Å². The highest BCUT2D eigenvalue weighted by atomic mass is 35.5. The predicted molar refractivity (Wildman–Crippen MR) is 97.1 cm³/mol. The predicted octanol–water partition coefficient (Wildman–Crippen LogP) is 4.36. The van der Waals surface area contributed by atoms with Crippen molar-refractivity contribution in [1.82, 2.24) is 9.97 Å². The molecule has 2 N–H and O–H groups in total. The second kappa shape index (κ2) is 6.32. The number of fused-ring (bicyclic) bond motifs is 1. The first kappa shape index (κ1) is 15.3. The number of phenolic OH excluding ortho intramolecular Hbond substituents is 1. The van der Waals surface area contributed by atoms with Crippen LogP contribution in [0.1, 0.15) is 31.2 Å². The molecule has 1 aromatic heterocycles. The lowest BCUT2D eigenvalue weighted by atomic mass is 10.1. The molecule has 0 spiro atoms.